The average Bonchev–Trinajstić information content (AvgIpc) is 2.33. The molecule has 0 radical (unpaired) electrons. The van der Waals surface area contributed by atoms with Crippen LogP contribution in [0.2, 0.25) is 5.15 Å². The molecule has 18 heavy (non-hydrogen) atoms. The maximum absolute atomic E-state index is 11.9. The van der Waals surface area contributed by atoms with Gasteiger partial charge in [0.1, 0.15) is 4.60 Å². The Bertz CT molecular complexity index is 588. The number of nitrogens with one attached hydrogen (secondary N) is 1. The molecule has 0 aromatic carbocycles. The lowest BCUT2D eigenvalue weighted by Gasteiger charge is -2.07. The SMILES string of the molecule is Cc1nc(Br)ccc1NC(=O)c1ccc(Cl)nn1. The van der Waals surface area contributed by atoms with Crippen molar-refractivity contribution in [1.82, 2.24) is 15.2 Å². The van der Waals surface area contributed by atoms with E-state index in [2.05, 4.69) is 36.4 Å². The maximum Gasteiger partial charge on any atom is 0.276 e. The highest BCUT2D eigenvalue weighted by molar-refractivity contribution is 9.10. The van der Waals surface area contributed by atoms with Gasteiger partial charge >= 0.3 is 0 Å². The van der Waals surface area contributed by atoms with Crippen molar-refractivity contribution >= 4 is 39.1 Å². The van der Waals surface area contributed by atoms with Crippen LogP contribution in [0.5, 0.6) is 0 Å². The molecule has 0 aliphatic heterocycles. The van der Waals surface area contributed by atoms with Crippen LogP contribution in [0.25, 0.3) is 0 Å². The van der Waals surface area contributed by atoms with Crippen LogP contribution in [0.15, 0.2) is 28.9 Å². The molecule has 1 N–H and O–H groups in total. The van der Waals surface area contributed by atoms with Crippen molar-refractivity contribution in [3.63, 3.8) is 0 Å². The maximum atomic E-state index is 11.9. The summed E-state index contributed by atoms with van der Waals surface area (Å²) in [5.74, 6) is -0.355. The summed E-state index contributed by atoms with van der Waals surface area (Å²) in [5, 5.41) is 10.3. The number of hydrogen-bond acceptors (Lipinski definition) is 4. The van der Waals surface area contributed by atoms with Gasteiger partial charge in [0, 0.05) is 0 Å². The first-order valence-electron chi connectivity index (χ1n) is 5.00. The van der Waals surface area contributed by atoms with Crippen LogP contribution in [0.4, 0.5) is 5.69 Å². The molecule has 2 aromatic heterocycles. The van der Waals surface area contributed by atoms with E-state index in [1.54, 1.807) is 19.1 Å². The molecule has 2 heterocycles. The zero-order valence-corrected chi connectivity index (χ0v) is 11.7. The zero-order chi connectivity index (χ0) is 13.1. The van der Waals surface area contributed by atoms with Gasteiger partial charge in [0.25, 0.3) is 5.91 Å². The van der Waals surface area contributed by atoms with E-state index in [1.165, 1.54) is 12.1 Å². The number of amides is 1. The van der Waals surface area contributed by atoms with Crippen molar-refractivity contribution in [2.45, 2.75) is 6.92 Å². The number of anilines is 1. The van der Waals surface area contributed by atoms with Crippen LogP contribution < -0.4 is 5.32 Å². The van der Waals surface area contributed by atoms with Gasteiger partial charge in [-0.3, -0.25) is 4.79 Å². The summed E-state index contributed by atoms with van der Waals surface area (Å²) in [5.41, 5.74) is 1.53. The Morgan fingerprint density at radius 3 is 2.67 bits per heavy atom. The minimum absolute atomic E-state index is 0.196. The molecule has 92 valence electrons. The summed E-state index contributed by atoms with van der Waals surface area (Å²) in [6, 6.07) is 6.52. The van der Waals surface area contributed by atoms with Crippen LogP contribution in [-0.2, 0) is 0 Å². The number of rotatable bonds is 2. The fourth-order valence-electron chi connectivity index (χ4n) is 1.29. The quantitative estimate of drug-likeness (QED) is 0.861. The van der Waals surface area contributed by atoms with E-state index in [-0.39, 0.29) is 16.8 Å². The average molecular weight is 328 g/mol. The Morgan fingerprint density at radius 1 is 1.28 bits per heavy atom. The summed E-state index contributed by atoms with van der Waals surface area (Å²) >= 11 is 8.85. The Morgan fingerprint density at radius 2 is 2.06 bits per heavy atom. The molecule has 0 fully saturated rings. The minimum atomic E-state index is -0.355. The lowest BCUT2D eigenvalue weighted by molar-refractivity contribution is 0.102. The number of nitrogens with zero attached hydrogens (tertiary/aromatic N) is 3. The third kappa shape index (κ3) is 3.02. The van der Waals surface area contributed by atoms with Gasteiger partial charge in [0.15, 0.2) is 10.8 Å². The van der Waals surface area contributed by atoms with Gasteiger partial charge < -0.3 is 5.32 Å². The second-order valence-corrected chi connectivity index (χ2v) is 4.66. The van der Waals surface area contributed by atoms with Crippen molar-refractivity contribution in [1.29, 1.82) is 0 Å². The van der Waals surface area contributed by atoms with Crippen LogP contribution in [0.3, 0.4) is 0 Å². The molecule has 0 spiro atoms. The van der Waals surface area contributed by atoms with Gasteiger partial charge in [0.05, 0.1) is 11.4 Å². The molecular weight excluding hydrogens is 320 g/mol. The molecule has 0 aliphatic rings. The first-order valence-corrected chi connectivity index (χ1v) is 6.17. The number of carbonyl (C=O) groups is 1. The molecule has 1 amide bonds. The number of hydrogen-bond donors (Lipinski definition) is 1. The van der Waals surface area contributed by atoms with Crippen molar-refractivity contribution in [3.8, 4) is 0 Å². The lowest BCUT2D eigenvalue weighted by atomic mass is 10.3. The Hall–Kier alpha value is -1.53. The van der Waals surface area contributed by atoms with Gasteiger partial charge in [-0.05, 0) is 47.1 Å². The highest BCUT2D eigenvalue weighted by Crippen LogP contribution is 2.16. The number of halogens is 2. The standard InChI is InChI=1S/C11H8BrClN4O/c1-6-7(2-4-9(12)14-6)15-11(18)8-3-5-10(13)17-16-8/h2-5H,1H3,(H,15,18). The summed E-state index contributed by atoms with van der Waals surface area (Å²) in [7, 11) is 0. The summed E-state index contributed by atoms with van der Waals surface area (Å²) in [6.07, 6.45) is 0. The number of aromatic nitrogens is 3. The molecule has 0 atom stereocenters. The highest BCUT2D eigenvalue weighted by atomic mass is 79.9. The zero-order valence-electron chi connectivity index (χ0n) is 9.32. The second kappa shape index (κ2) is 5.41. The van der Waals surface area contributed by atoms with Crippen LogP contribution in [0, 0.1) is 6.92 Å². The van der Waals surface area contributed by atoms with Crippen LogP contribution >= 0.6 is 27.5 Å². The van der Waals surface area contributed by atoms with E-state index in [0.717, 1.165) is 0 Å². The molecule has 2 aromatic rings. The fourth-order valence-corrected chi connectivity index (χ4v) is 1.78. The van der Waals surface area contributed by atoms with Gasteiger partial charge in [0.2, 0.25) is 0 Å². The largest absolute Gasteiger partial charge is 0.319 e. The molecule has 7 heteroatoms. The third-order valence-electron chi connectivity index (χ3n) is 2.16. The molecule has 2 rings (SSSR count). The minimum Gasteiger partial charge on any atom is -0.319 e. The molecule has 0 unspecified atom stereocenters. The Labute approximate surface area is 117 Å². The monoisotopic (exact) mass is 326 g/mol. The van der Waals surface area contributed by atoms with Gasteiger partial charge in [-0.1, -0.05) is 11.6 Å². The van der Waals surface area contributed by atoms with Crippen LogP contribution in [0.1, 0.15) is 16.2 Å². The number of aryl methyl sites for hydroxylation is 1. The predicted octanol–water partition coefficient (Wildman–Crippen LogP) is 2.85. The topological polar surface area (TPSA) is 67.8 Å². The Balaban J connectivity index is 2.18. The van der Waals surface area contributed by atoms with Crippen LogP contribution in [-0.4, -0.2) is 21.1 Å². The van der Waals surface area contributed by atoms with Crippen molar-refractivity contribution in [3.05, 3.63) is 45.4 Å². The summed E-state index contributed by atoms with van der Waals surface area (Å²) in [4.78, 5) is 16.0. The third-order valence-corrected chi connectivity index (χ3v) is 2.81. The normalized spacial score (nSPS) is 10.2. The molecule has 0 saturated heterocycles. The van der Waals surface area contributed by atoms with Gasteiger partial charge in [-0.15, -0.1) is 10.2 Å². The van der Waals surface area contributed by atoms with Crippen molar-refractivity contribution in [2.75, 3.05) is 5.32 Å². The first kappa shape index (κ1) is 12.9. The van der Waals surface area contributed by atoms with Gasteiger partial charge in [-0.25, -0.2) is 4.98 Å². The predicted molar refractivity (Wildman–Crippen MR) is 71.7 cm³/mol. The summed E-state index contributed by atoms with van der Waals surface area (Å²) in [6.45, 7) is 1.80. The number of pyridine rings is 1. The Kier molecular flexibility index (Phi) is 3.88. The smallest absolute Gasteiger partial charge is 0.276 e. The van der Waals surface area contributed by atoms with E-state index in [4.69, 9.17) is 11.6 Å². The molecule has 0 aliphatic carbocycles. The van der Waals surface area contributed by atoms with E-state index in [1.807, 2.05) is 0 Å². The summed E-state index contributed by atoms with van der Waals surface area (Å²) < 4.78 is 0.712. The van der Waals surface area contributed by atoms with E-state index in [9.17, 15) is 4.79 Å². The molecular formula is C11H8BrClN4O. The van der Waals surface area contributed by atoms with Gasteiger partial charge in [-0.2, -0.15) is 0 Å². The van der Waals surface area contributed by atoms with E-state index in [0.29, 0.717) is 16.0 Å². The fraction of sp³-hybridized carbons (Fsp3) is 0.0909. The molecule has 0 saturated carbocycles. The number of carbonyl (C=O) groups excluding carboxylic acids is 1. The van der Waals surface area contributed by atoms with E-state index >= 15 is 0 Å². The first-order chi connectivity index (χ1) is 8.56. The second-order valence-electron chi connectivity index (χ2n) is 3.46. The highest BCUT2D eigenvalue weighted by Gasteiger charge is 2.10. The lowest BCUT2D eigenvalue weighted by Crippen LogP contribution is -2.15. The van der Waals surface area contributed by atoms with Crippen molar-refractivity contribution in [2.24, 2.45) is 0 Å². The van der Waals surface area contributed by atoms with E-state index < -0.39 is 0 Å². The molecule has 5 nitrogen and oxygen atoms in total. The van der Waals surface area contributed by atoms with Crippen molar-refractivity contribution < 1.29 is 4.79 Å². The molecule has 0 bridgehead atoms.